The highest BCUT2D eigenvalue weighted by Crippen LogP contribution is 2.31. The summed E-state index contributed by atoms with van der Waals surface area (Å²) in [6, 6.07) is 11.8. The summed E-state index contributed by atoms with van der Waals surface area (Å²) in [6.45, 7) is 8.10. The van der Waals surface area contributed by atoms with Gasteiger partial charge < -0.3 is 10.2 Å². The van der Waals surface area contributed by atoms with Gasteiger partial charge in [0.25, 0.3) is 0 Å². The van der Waals surface area contributed by atoms with Gasteiger partial charge in [-0.1, -0.05) is 66.9 Å². The van der Waals surface area contributed by atoms with Crippen LogP contribution in [0.5, 0.6) is 0 Å². The molecule has 0 unspecified atom stereocenters. The topological polar surface area (TPSA) is 86.8 Å². The average Bonchev–Trinajstić information content (AvgIpc) is 2.83. The molecular formula is C27H37Cl2N3O4S. The number of carbonyl (C=O) groups is 2. The number of benzene rings is 2. The molecule has 1 N–H and O–H groups in total. The molecule has 2 amide bonds. The van der Waals surface area contributed by atoms with Gasteiger partial charge in [0.05, 0.1) is 17.0 Å². The second-order valence-electron chi connectivity index (χ2n) is 9.28. The minimum atomic E-state index is -3.68. The maximum atomic E-state index is 13.5. The smallest absolute Gasteiger partial charge is 0.243 e. The molecule has 0 radical (unpaired) electrons. The quantitative estimate of drug-likeness (QED) is 0.341. The number of nitrogens with one attached hydrogen (secondary N) is 1. The third-order valence-electron chi connectivity index (χ3n) is 6.19. The van der Waals surface area contributed by atoms with E-state index in [9.17, 15) is 18.0 Å². The number of aryl methyl sites for hydroxylation is 1. The third-order valence-corrected chi connectivity index (χ3v) is 7.92. The number of halogens is 2. The third kappa shape index (κ3) is 9.20. The van der Waals surface area contributed by atoms with Crippen LogP contribution in [0.25, 0.3) is 0 Å². The molecule has 0 saturated carbocycles. The molecule has 2 aromatic carbocycles. The normalized spacial score (nSPS) is 13.1. The van der Waals surface area contributed by atoms with E-state index in [1.165, 1.54) is 12.1 Å². The van der Waals surface area contributed by atoms with Gasteiger partial charge in [-0.15, -0.1) is 0 Å². The van der Waals surface area contributed by atoms with E-state index in [1.807, 2.05) is 52.0 Å². The van der Waals surface area contributed by atoms with E-state index < -0.39 is 16.1 Å². The molecule has 0 saturated heterocycles. The van der Waals surface area contributed by atoms with E-state index in [1.54, 1.807) is 11.0 Å². The molecule has 7 nitrogen and oxygen atoms in total. The molecule has 0 spiro atoms. The van der Waals surface area contributed by atoms with Gasteiger partial charge >= 0.3 is 0 Å². The van der Waals surface area contributed by atoms with Crippen LogP contribution in [-0.4, -0.2) is 50.0 Å². The Bertz CT molecular complexity index is 1170. The first-order valence-electron chi connectivity index (χ1n) is 12.5. The van der Waals surface area contributed by atoms with Crippen molar-refractivity contribution >= 4 is 50.7 Å². The molecule has 0 aliphatic carbocycles. The predicted octanol–water partition coefficient (Wildman–Crippen LogP) is 5.57. The standard InChI is InChI=1S/C27H37Cl2N3O4S/c1-6-20(4)30-27(34)24(7-2)31(18-21-12-10-19(3)11-13-21)26(33)9-8-16-32(37(5,35)36)25-17-22(28)14-15-23(25)29/h10-15,17,20,24H,6-9,16,18H2,1-5H3,(H,30,34)/t20-,24+/m0/s1. The molecule has 204 valence electrons. The van der Waals surface area contributed by atoms with E-state index in [0.717, 1.165) is 28.1 Å². The van der Waals surface area contributed by atoms with E-state index in [4.69, 9.17) is 23.2 Å². The number of hydrogen-bond acceptors (Lipinski definition) is 4. The highest BCUT2D eigenvalue weighted by Gasteiger charge is 2.29. The number of rotatable bonds is 13. The molecular weight excluding hydrogens is 533 g/mol. The summed E-state index contributed by atoms with van der Waals surface area (Å²) >= 11 is 12.3. The van der Waals surface area contributed by atoms with Crippen LogP contribution in [0, 0.1) is 6.92 Å². The van der Waals surface area contributed by atoms with Gasteiger partial charge in [-0.3, -0.25) is 13.9 Å². The molecule has 2 rings (SSSR count). The van der Waals surface area contributed by atoms with Gasteiger partial charge in [-0.05, 0) is 56.9 Å². The van der Waals surface area contributed by atoms with Gasteiger partial charge in [-0.2, -0.15) is 0 Å². The fourth-order valence-electron chi connectivity index (χ4n) is 3.91. The molecule has 10 heteroatoms. The molecule has 0 heterocycles. The second-order valence-corrected chi connectivity index (χ2v) is 12.0. The maximum Gasteiger partial charge on any atom is 0.243 e. The zero-order chi connectivity index (χ0) is 27.8. The Hall–Kier alpha value is -2.29. The Kier molecular flexibility index (Phi) is 11.7. The first kappa shape index (κ1) is 30.9. The summed E-state index contributed by atoms with van der Waals surface area (Å²) in [5, 5.41) is 3.59. The van der Waals surface area contributed by atoms with Gasteiger partial charge in [0.2, 0.25) is 21.8 Å². The van der Waals surface area contributed by atoms with E-state index >= 15 is 0 Å². The van der Waals surface area contributed by atoms with Crippen molar-refractivity contribution < 1.29 is 18.0 Å². The van der Waals surface area contributed by atoms with Crippen molar-refractivity contribution in [1.29, 1.82) is 0 Å². The average molecular weight is 571 g/mol. The number of anilines is 1. The summed E-state index contributed by atoms with van der Waals surface area (Å²) in [5.41, 5.74) is 2.28. The predicted molar refractivity (Wildman–Crippen MR) is 152 cm³/mol. The summed E-state index contributed by atoms with van der Waals surface area (Å²) in [4.78, 5) is 28.2. The molecule has 0 bridgehead atoms. The fraction of sp³-hybridized carbons (Fsp3) is 0.481. The largest absolute Gasteiger partial charge is 0.352 e. The zero-order valence-electron chi connectivity index (χ0n) is 22.1. The lowest BCUT2D eigenvalue weighted by Gasteiger charge is -2.32. The van der Waals surface area contributed by atoms with Crippen LogP contribution in [-0.2, 0) is 26.2 Å². The number of hydrogen-bond donors (Lipinski definition) is 1. The van der Waals surface area contributed by atoms with Crippen LogP contribution >= 0.6 is 23.2 Å². The van der Waals surface area contributed by atoms with Crippen LogP contribution in [0.3, 0.4) is 0 Å². The highest BCUT2D eigenvalue weighted by molar-refractivity contribution is 7.92. The zero-order valence-corrected chi connectivity index (χ0v) is 24.5. The number of carbonyl (C=O) groups excluding carboxylic acids is 2. The van der Waals surface area contributed by atoms with E-state index in [2.05, 4.69) is 5.32 Å². The Morgan fingerprint density at radius 2 is 1.68 bits per heavy atom. The molecule has 0 fully saturated rings. The molecule has 2 aromatic rings. The Labute approximate surface area is 231 Å². The van der Waals surface area contributed by atoms with Gasteiger partial charge in [0.15, 0.2) is 0 Å². The number of nitrogens with zero attached hydrogens (tertiary/aromatic N) is 2. The van der Waals surface area contributed by atoms with Crippen molar-refractivity contribution in [2.45, 2.75) is 72.0 Å². The van der Waals surface area contributed by atoms with Crippen molar-refractivity contribution in [3.63, 3.8) is 0 Å². The van der Waals surface area contributed by atoms with Crippen molar-refractivity contribution in [1.82, 2.24) is 10.2 Å². The van der Waals surface area contributed by atoms with Crippen molar-refractivity contribution in [3.8, 4) is 0 Å². The maximum absolute atomic E-state index is 13.5. The van der Waals surface area contributed by atoms with Crippen LogP contribution in [0.15, 0.2) is 42.5 Å². The van der Waals surface area contributed by atoms with E-state index in [0.29, 0.717) is 11.4 Å². The van der Waals surface area contributed by atoms with E-state index in [-0.39, 0.29) is 54.5 Å². The summed E-state index contributed by atoms with van der Waals surface area (Å²) in [7, 11) is -3.68. The lowest BCUT2D eigenvalue weighted by molar-refractivity contribution is -0.141. The van der Waals surface area contributed by atoms with Gasteiger partial charge in [0.1, 0.15) is 6.04 Å². The Morgan fingerprint density at radius 3 is 2.24 bits per heavy atom. The van der Waals surface area contributed by atoms with Crippen LogP contribution < -0.4 is 9.62 Å². The van der Waals surface area contributed by atoms with Crippen LogP contribution in [0.4, 0.5) is 5.69 Å². The van der Waals surface area contributed by atoms with Crippen LogP contribution in [0.1, 0.15) is 57.6 Å². The van der Waals surface area contributed by atoms with Crippen molar-refractivity contribution in [2.75, 3.05) is 17.1 Å². The number of amides is 2. The minimum absolute atomic E-state index is 0.0105. The number of sulfonamides is 1. The molecule has 37 heavy (non-hydrogen) atoms. The van der Waals surface area contributed by atoms with Gasteiger partial charge in [0, 0.05) is 30.6 Å². The lowest BCUT2D eigenvalue weighted by Crippen LogP contribution is -2.50. The summed E-state index contributed by atoms with van der Waals surface area (Å²) in [5.74, 6) is -0.418. The SMILES string of the molecule is CC[C@H](C(=O)N[C@@H](C)CC)N(Cc1ccc(C)cc1)C(=O)CCCN(c1cc(Cl)ccc1Cl)S(C)(=O)=O. The lowest BCUT2D eigenvalue weighted by atomic mass is 10.1. The van der Waals surface area contributed by atoms with Crippen molar-refractivity contribution in [2.24, 2.45) is 0 Å². The molecule has 2 atom stereocenters. The highest BCUT2D eigenvalue weighted by atomic mass is 35.5. The second kappa shape index (κ2) is 14.0. The van der Waals surface area contributed by atoms with Crippen LogP contribution in [0.2, 0.25) is 10.0 Å². The minimum Gasteiger partial charge on any atom is -0.352 e. The van der Waals surface area contributed by atoms with Gasteiger partial charge in [-0.25, -0.2) is 8.42 Å². The molecule has 0 aromatic heterocycles. The molecule has 0 aliphatic rings. The summed E-state index contributed by atoms with van der Waals surface area (Å²) < 4.78 is 26.2. The monoisotopic (exact) mass is 569 g/mol. The van der Waals surface area contributed by atoms with Crippen molar-refractivity contribution in [3.05, 3.63) is 63.6 Å². The Morgan fingerprint density at radius 1 is 1.03 bits per heavy atom. The first-order chi connectivity index (χ1) is 17.4. The Balaban J connectivity index is 2.25. The first-order valence-corrected chi connectivity index (χ1v) is 15.1. The fourth-order valence-corrected chi connectivity index (χ4v) is 5.32. The summed E-state index contributed by atoms with van der Waals surface area (Å²) in [6.07, 6.45) is 2.61. The molecule has 0 aliphatic heterocycles.